The lowest BCUT2D eigenvalue weighted by atomic mass is 10.1. The van der Waals surface area contributed by atoms with Gasteiger partial charge < -0.3 is 4.90 Å². The summed E-state index contributed by atoms with van der Waals surface area (Å²) in [6, 6.07) is -0.0388. The Hall–Kier alpha value is -0.140. The molecule has 1 N–H and O–H groups in total. The lowest BCUT2D eigenvalue weighted by Gasteiger charge is -2.31. The van der Waals surface area contributed by atoms with E-state index in [1.807, 2.05) is 0 Å². The van der Waals surface area contributed by atoms with E-state index in [0.717, 1.165) is 0 Å². The second-order valence-corrected chi connectivity index (χ2v) is 6.68. The summed E-state index contributed by atoms with van der Waals surface area (Å²) in [7, 11) is -3.19. The van der Waals surface area contributed by atoms with E-state index in [9.17, 15) is 13.2 Å². The Labute approximate surface area is 98.4 Å². The molecule has 1 amide bonds. The van der Waals surface area contributed by atoms with Crippen LogP contribution < -0.4 is 4.72 Å². The molecular weight excluding hydrogens is 284 g/mol. The van der Waals surface area contributed by atoms with E-state index >= 15 is 0 Å². The van der Waals surface area contributed by atoms with Gasteiger partial charge in [0.05, 0.1) is 0 Å². The van der Waals surface area contributed by atoms with E-state index < -0.39 is 10.0 Å². The molecule has 88 valence electrons. The molecule has 0 spiro atoms. The van der Waals surface area contributed by atoms with Gasteiger partial charge in [-0.1, -0.05) is 15.9 Å². The maximum Gasteiger partial charge on any atom is 0.221 e. The van der Waals surface area contributed by atoms with Crippen LogP contribution in [0.15, 0.2) is 0 Å². The zero-order valence-electron chi connectivity index (χ0n) is 8.57. The molecule has 1 rings (SSSR count). The van der Waals surface area contributed by atoms with Crippen LogP contribution in [0, 0.1) is 0 Å². The van der Waals surface area contributed by atoms with E-state index in [0.29, 0.717) is 25.9 Å². The lowest BCUT2D eigenvalue weighted by Crippen LogP contribution is -2.46. The van der Waals surface area contributed by atoms with Gasteiger partial charge in [0.15, 0.2) is 0 Å². The minimum Gasteiger partial charge on any atom is -0.343 e. The fourth-order valence-electron chi connectivity index (χ4n) is 1.60. The fraction of sp³-hybridized carbons (Fsp3) is 0.875. The third kappa shape index (κ3) is 4.08. The number of likely N-dealkylation sites (tertiary alicyclic amines) is 1. The summed E-state index contributed by atoms with van der Waals surface area (Å²) in [6.45, 7) is 2.79. The molecule has 0 unspecified atom stereocenters. The average Bonchev–Trinajstić information content (AvgIpc) is 2.18. The van der Waals surface area contributed by atoms with Gasteiger partial charge >= 0.3 is 0 Å². The van der Waals surface area contributed by atoms with Crippen molar-refractivity contribution >= 4 is 31.9 Å². The van der Waals surface area contributed by atoms with E-state index in [1.165, 1.54) is 6.92 Å². The van der Waals surface area contributed by atoms with E-state index in [1.54, 1.807) is 4.90 Å². The first kappa shape index (κ1) is 12.9. The molecule has 1 heterocycles. The first-order valence-corrected chi connectivity index (χ1v) is 7.53. The van der Waals surface area contributed by atoms with Crippen LogP contribution in [0.25, 0.3) is 0 Å². The fourth-order valence-corrected chi connectivity index (χ4v) is 2.80. The monoisotopic (exact) mass is 298 g/mol. The first-order chi connectivity index (χ1) is 6.94. The molecule has 1 aliphatic heterocycles. The van der Waals surface area contributed by atoms with Gasteiger partial charge in [0, 0.05) is 26.1 Å². The lowest BCUT2D eigenvalue weighted by molar-refractivity contribution is -0.129. The molecule has 0 aromatic heterocycles. The van der Waals surface area contributed by atoms with Gasteiger partial charge in [-0.05, 0) is 12.8 Å². The Kier molecular flexibility index (Phi) is 4.54. The van der Waals surface area contributed by atoms with E-state index in [4.69, 9.17) is 0 Å². The number of nitrogens with zero attached hydrogens (tertiary/aromatic N) is 1. The zero-order chi connectivity index (χ0) is 11.5. The van der Waals surface area contributed by atoms with Crippen LogP contribution in [0.5, 0.6) is 0 Å². The van der Waals surface area contributed by atoms with Crippen LogP contribution in [0.1, 0.15) is 19.8 Å². The van der Waals surface area contributed by atoms with Crippen LogP contribution >= 0.6 is 15.9 Å². The predicted molar refractivity (Wildman–Crippen MR) is 61.1 cm³/mol. The topological polar surface area (TPSA) is 66.5 Å². The van der Waals surface area contributed by atoms with Crippen LogP contribution in [0.3, 0.4) is 0 Å². The van der Waals surface area contributed by atoms with Crippen LogP contribution in [0.4, 0.5) is 0 Å². The van der Waals surface area contributed by atoms with Crippen molar-refractivity contribution in [3.63, 3.8) is 0 Å². The van der Waals surface area contributed by atoms with Crippen molar-refractivity contribution in [2.24, 2.45) is 0 Å². The average molecular weight is 299 g/mol. The van der Waals surface area contributed by atoms with Gasteiger partial charge in [0.25, 0.3) is 0 Å². The second-order valence-electron chi connectivity index (χ2n) is 3.62. The molecular formula is C8H15BrN2O3S. The van der Waals surface area contributed by atoms with Gasteiger partial charge in [-0.3, -0.25) is 4.79 Å². The standard InChI is InChI=1S/C8H15BrN2O3S/c1-7(12)11-4-2-8(3-5-11)10-15(13,14)6-9/h8,10H,2-6H2,1H3. The highest BCUT2D eigenvalue weighted by atomic mass is 79.9. The molecule has 0 atom stereocenters. The number of rotatable bonds is 3. The van der Waals surface area contributed by atoms with Crippen LogP contribution in [-0.4, -0.2) is 43.0 Å². The molecule has 0 aliphatic carbocycles. The molecule has 0 bridgehead atoms. The Balaban J connectivity index is 2.42. The minimum atomic E-state index is -3.19. The van der Waals surface area contributed by atoms with Gasteiger partial charge in [0.2, 0.25) is 15.9 Å². The molecule has 15 heavy (non-hydrogen) atoms. The number of carbonyl (C=O) groups excluding carboxylic acids is 1. The van der Waals surface area contributed by atoms with Crippen molar-refractivity contribution in [2.75, 3.05) is 17.8 Å². The van der Waals surface area contributed by atoms with Crippen molar-refractivity contribution in [3.8, 4) is 0 Å². The third-order valence-electron chi connectivity index (χ3n) is 2.43. The van der Waals surface area contributed by atoms with Gasteiger partial charge in [0.1, 0.15) is 4.66 Å². The SMILES string of the molecule is CC(=O)N1CCC(NS(=O)(=O)CBr)CC1. The van der Waals surface area contributed by atoms with Crippen molar-refractivity contribution in [3.05, 3.63) is 0 Å². The summed E-state index contributed by atoms with van der Waals surface area (Å²) in [5.41, 5.74) is 0. The highest BCUT2D eigenvalue weighted by molar-refractivity contribution is 9.10. The van der Waals surface area contributed by atoms with Crippen molar-refractivity contribution in [1.29, 1.82) is 0 Å². The number of hydrogen-bond acceptors (Lipinski definition) is 3. The zero-order valence-corrected chi connectivity index (χ0v) is 11.0. The molecule has 0 aromatic rings. The quantitative estimate of drug-likeness (QED) is 0.761. The largest absolute Gasteiger partial charge is 0.343 e. The summed E-state index contributed by atoms with van der Waals surface area (Å²) in [5.74, 6) is 0.0526. The molecule has 5 nitrogen and oxygen atoms in total. The van der Waals surface area contributed by atoms with Gasteiger partial charge in [-0.2, -0.15) is 0 Å². The third-order valence-corrected chi connectivity index (χ3v) is 5.22. The summed E-state index contributed by atoms with van der Waals surface area (Å²) in [5, 5.41) is 0. The Bertz CT molecular complexity index is 323. The normalized spacial score (nSPS) is 19.2. The molecule has 7 heteroatoms. The van der Waals surface area contributed by atoms with Gasteiger partial charge in [-0.25, -0.2) is 13.1 Å². The molecule has 0 saturated carbocycles. The number of halogens is 1. The molecule has 0 aromatic carbocycles. The summed E-state index contributed by atoms with van der Waals surface area (Å²) in [4.78, 5) is 12.8. The number of nitrogens with one attached hydrogen (secondary N) is 1. The maximum absolute atomic E-state index is 11.2. The Morgan fingerprint density at radius 1 is 1.47 bits per heavy atom. The van der Waals surface area contributed by atoms with E-state index in [-0.39, 0.29) is 16.6 Å². The molecule has 1 aliphatic rings. The minimum absolute atomic E-state index is 0.0388. The number of amides is 1. The highest BCUT2D eigenvalue weighted by Gasteiger charge is 2.23. The van der Waals surface area contributed by atoms with Crippen LogP contribution in [0.2, 0.25) is 0 Å². The summed E-state index contributed by atoms with van der Waals surface area (Å²) >= 11 is 2.92. The smallest absolute Gasteiger partial charge is 0.221 e. The number of piperidine rings is 1. The highest BCUT2D eigenvalue weighted by Crippen LogP contribution is 2.11. The van der Waals surface area contributed by atoms with Crippen molar-refractivity contribution in [1.82, 2.24) is 9.62 Å². The number of hydrogen-bond donors (Lipinski definition) is 1. The molecule has 1 saturated heterocycles. The maximum atomic E-state index is 11.2. The van der Waals surface area contributed by atoms with Gasteiger partial charge in [-0.15, -0.1) is 0 Å². The Morgan fingerprint density at radius 2 is 2.00 bits per heavy atom. The molecule has 1 fully saturated rings. The summed E-state index contributed by atoms with van der Waals surface area (Å²) < 4.78 is 25.0. The predicted octanol–water partition coefficient (Wildman–Crippen LogP) is 0.269. The van der Waals surface area contributed by atoms with Crippen molar-refractivity contribution < 1.29 is 13.2 Å². The number of alkyl halides is 1. The second kappa shape index (κ2) is 5.27. The summed E-state index contributed by atoms with van der Waals surface area (Å²) in [6.07, 6.45) is 1.37. The van der Waals surface area contributed by atoms with E-state index in [2.05, 4.69) is 20.7 Å². The van der Waals surface area contributed by atoms with Crippen LogP contribution in [-0.2, 0) is 14.8 Å². The first-order valence-electron chi connectivity index (χ1n) is 4.76. The number of carbonyl (C=O) groups is 1. The number of sulfonamides is 1. The molecule has 0 radical (unpaired) electrons. The Morgan fingerprint density at radius 3 is 2.40 bits per heavy atom. The van der Waals surface area contributed by atoms with Crippen molar-refractivity contribution in [2.45, 2.75) is 25.8 Å².